The van der Waals surface area contributed by atoms with Crippen molar-refractivity contribution < 1.29 is 28.7 Å². The van der Waals surface area contributed by atoms with Crippen molar-refractivity contribution in [1.29, 1.82) is 0 Å². The Morgan fingerprint density at radius 2 is 1.28 bits per heavy atom. The highest BCUT2D eigenvalue weighted by Crippen LogP contribution is 2.52. The van der Waals surface area contributed by atoms with Crippen molar-refractivity contribution >= 4 is 35.0 Å². The zero-order valence-electron chi connectivity index (χ0n) is 39.9. The molecular formula is C53H66N8O6. The van der Waals surface area contributed by atoms with Crippen LogP contribution >= 0.6 is 0 Å². The van der Waals surface area contributed by atoms with Crippen LogP contribution in [0.2, 0.25) is 0 Å². The number of nitrogens with one attached hydrogen (secondary N) is 4. The first-order valence-electron chi connectivity index (χ1n) is 24.5. The Morgan fingerprint density at radius 3 is 1.90 bits per heavy atom. The predicted molar refractivity (Wildman–Crippen MR) is 258 cm³/mol. The zero-order valence-corrected chi connectivity index (χ0v) is 39.9. The average Bonchev–Trinajstić information content (AvgIpc) is 4.21. The molecule has 3 aromatic carbocycles. The van der Waals surface area contributed by atoms with E-state index < -0.39 is 24.3 Å². The first-order chi connectivity index (χ1) is 32.4. The lowest BCUT2D eigenvalue weighted by Crippen LogP contribution is -2.51. The summed E-state index contributed by atoms with van der Waals surface area (Å²) in [5, 5.41) is 5.53. The van der Waals surface area contributed by atoms with Crippen LogP contribution in [-0.4, -0.2) is 93.1 Å². The number of carbonyl (C=O) groups is 4. The molecule has 2 aliphatic carbocycles. The van der Waals surface area contributed by atoms with Gasteiger partial charge in [-0.15, -0.1) is 0 Å². The number of hydrogen-bond acceptors (Lipinski definition) is 8. The molecule has 354 valence electrons. The Hall–Kier alpha value is -6.18. The van der Waals surface area contributed by atoms with E-state index in [-0.39, 0.29) is 41.1 Å². The van der Waals surface area contributed by atoms with Crippen molar-refractivity contribution in [2.24, 2.45) is 17.3 Å². The Labute approximate surface area is 393 Å². The number of rotatable bonds is 12. The Balaban J connectivity index is 0.972. The highest BCUT2D eigenvalue weighted by atomic mass is 16.5. The van der Waals surface area contributed by atoms with Crippen LogP contribution in [0.4, 0.5) is 9.59 Å². The number of nitrogens with zero attached hydrogens (tertiary/aromatic N) is 4. The monoisotopic (exact) mass is 911 g/mol. The number of aromatic amines is 2. The molecule has 4 aliphatic rings. The van der Waals surface area contributed by atoms with Crippen molar-refractivity contribution in [1.82, 2.24) is 40.4 Å². The van der Waals surface area contributed by atoms with Crippen LogP contribution in [0.3, 0.4) is 0 Å². The second kappa shape index (κ2) is 19.2. The van der Waals surface area contributed by atoms with Gasteiger partial charge in [-0.2, -0.15) is 0 Å². The van der Waals surface area contributed by atoms with Crippen LogP contribution < -0.4 is 10.6 Å². The van der Waals surface area contributed by atoms with E-state index >= 15 is 0 Å². The normalized spacial score (nSPS) is 20.2. The molecule has 0 radical (unpaired) electrons. The highest BCUT2D eigenvalue weighted by molar-refractivity contribution is 5.88. The van der Waals surface area contributed by atoms with Gasteiger partial charge >= 0.3 is 12.2 Å². The van der Waals surface area contributed by atoms with E-state index in [1.807, 2.05) is 43.7 Å². The summed E-state index contributed by atoms with van der Waals surface area (Å²) in [7, 11) is 2.62. The summed E-state index contributed by atoms with van der Waals surface area (Å²) in [5.41, 5.74) is 11.8. The summed E-state index contributed by atoms with van der Waals surface area (Å²) in [5.74, 6) is 1.13. The van der Waals surface area contributed by atoms with Crippen molar-refractivity contribution in [3.63, 3.8) is 0 Å². The number of fused-ring (bicyclic) bond motifs is 2. The van der Waals surface area contributed by atoms with Crippen molar-refractivity contribution in [3.05, 3.63) is 83.6 Å². The van der Waals surface area contributed by atoms with Gasteiger partial charge in [-0.25, -0.2) is 19.6 Å². The molecule has 0 bridgehead atoms. The third kappa shape index (κ3) is 9.03. The topological polar surface area (TPSA) is 175 Å². The Bertz CT molecular complexity index is 2630. The summed E-state index contributed by atoms with van der Waals surface area (Å²) >= 11 is 0. The third-order valence-electron chi connectivity index (χ3n) is 15.4. The molecule has 1 spiro atoms. The fraction of sp³-hybridized carbons (Fsp3) is 0.509. The number of ether oxygens (including phenoxy) is 2. The van der Waals surface area contributed by atoms with Crippen molar-refractivity contribution in [2.75, 3.05) is 27.3 Å². The van der Waals surface area contributed by atoms with E-state index in [9.17, 15) is 19.2 Å². The fourth-order valence-electron chi connectivity index (χ4n) is 11.5. The second-order valence-electron chi connectivity index (χ2n) is 19.9. The SMILES string of the molecule is CCC(C)[C@H](NC(=O)OC)C(=O)N1CCC[C@H]1c1nc2ccc(-c3ccc(-c4ccc(-c5cnc([C@@H]6CCCN6C(=O)[C@@H](NC(=O)OC)C(C)C)[nH]5)cc4)c4c3CC3(CCCCC3)C4)cc2[nH]1. The van der Waals surface area contributed by atoms with Crippen molar-refractivity contribution in [2.45, 2.75) is 129 Å². The van der Waals surface area contributed by atoms with Crippen LogP contribution in [0.1, 0.15) is 127 Å². The maximum absolute atomic E-state index is 14.0. The molecule has 2 aliphatic heterocycles. The Kier molecular flexibility index (Phi) is 13.2. The number of benzene rings is 3. The van der Waals surface area contributed by atoms with E-state index in [1.54, 1.807) is 0 Å². The van der Waals surface area contributed by atoms with E-state index in [0.29, 0.717) is 13.1 Å². The third-order valence-corrected chi connectivity index (χ3v) is 15.4. The van der Waals surface area contributed by atoms with Gasteiger partial charge in [0, 0.05) is 13.1 Å². The lowest BCUT2D eigenvalue weighted by molar-refractivity contribution is -0.136. The van der Waals surface area contributed by atoms with Gasteiger partial charge in [-0.3, -0.25) is 9.59 Å². The Morgan fingerprint density at radius 1 is 0.716 bits per heavy atom. The van der Waals surface area contributed by atoms with Crippen LogP contribution in [0, 0.1) is 17.3 Å². The second-order valence-corrected chi connectivity index (χ2v) is 19.9. The molecule has 1 unspecified atom stereocenters. The van der Waals surface area contributed by atoms with Crippen LogP contribution in [0.25, 0.3) is 44.5 Å². The molecule has 14 nitrogen and oxygen atoms in total. The van der Waals surface area contributed by atoms with Crippen molar-refractivity contribution in [3.8, 4) is 33.5 Å². The van der Waals surface area contributed by atoms with E-state index in [4.69, 9.17) is 19.4 Å². The van der Waals surface area contributed by atoms with Gasteiger partial charge in [-0.05, 0) is 120 Å². The number of hydrogen-bond donors (Lipinski definition) is 4. The number of aromatic nitrogens is 4. The molecule has 3 fully saturated rings. The number of likely N-dealkylation sites (tertiary alicyclic amines) is 2. The average molecular weight is 911 g/mol. The quantitative estimate of drug-likeness (QED) is 0.0957. The van der Waals surface area contributed by atoms with Gasteiger partial charge < -0.3 is 39.9 Å². The van der Waals surface area contributed by atoms with Crippen LogP contribution in [-0.2, 0) is 31.9 Å². The highest BCUT2D eigenvalue weighted by Gasteiger charge is 2.42. The number of H-pyrrole nitrogens is 2. The van der Waals surface area contributed by atoms with Gasteiger partial charge in [0.2, 0.25) is 11.8 Å². The van der Waals surface area contributed by atoms with E-state index in [2.05, 4.69) is 75.2 Å². The van der Waals surface area contributed by atoms with Gasteiger partial charge in [0.1, 0.15) is 23.7 Å². The summed E-state index contributed by atoms with van der Waals surface area (Å²) < 4.78 is 9.69. The molecular weight excluding hydrogens is 845 g/mol. The standard InChI is InChI=1S/C53H66N8O6/c1-7-32(4)46(59-52(65)67-6)50(63)61-26-12-14-44(61)48-55-40-22-19-35(27-41(40)56-48)37-21-20-36(38-28-53(29-39(37)38)23-9-8-10-24-53)33-15-17-34(18-16-33)42-30-54-47(57-42)43-13-11-25-60(43)49(62)45(31(2)3)58-51(64)66-5/h15-22,27,30-32,43-46H,7-14,23-26,28-29H2,1-6H3,(H,54,57)(H,55,56)(H,58,64)(H,59,65)/t32?,43-,44-,45-,46-/m0/s1. The molecule has 5 atom stereocenters. The summed E-state index contributed by atoms with van der Waals surface area (Å²) in [6.45, 7) is 9.05. The predicted octanol–water partition coefficient (Wildman–Crippen LogP) is 9.81. The first kappa shape index (κ1) is 46.0. The largest absolute Gasteiger partial charge is 0.453 e. The minimum absolute atomic E-state index is 0.0552. The lowest BCUT2D eigenvalue weighted by atomic mass is 9.72. The number of methoxy groups -OCH3 is 2. The van der Waals surface area contributed by atoms with Gasteiger partial charge in [-0.1, -0.05) is 95.8 Å². The molecule has 2 saturated heterocycles. The summed E-state index contributed by atoms with van der Waals surface area (Å²) in [4.78, 5) is 72.8. The number of imidazole rings is 2. The molecule has 9 rings (SSSR count). The van der Waals surface area contributed by atoms with Crippen LogP contribution in [0.5, 0.6) is 0 Å². The van der Waals surface area contributed by atoms with Crippen LogP contribution in [0.15, 0.2) is 60.8 Å². The van der Waals surface area contributed by atoms with E-state index in [1.165, 1.54) is 74.1 Å². The summed E-state index contributed by atoms with van der Waals surface area (Å²) in [6.07, 6.45) is 13.2. The molecule has 4 heterocycles. The number of amides is 4. The fourth-order valence-corrected chi connectivity index (χ4v) is 11.5. The number of carbonyl (C=O) groups excluding carboxylic acids is 4. The summed E-state index contributed by atoms with van der Waals surface area (Å²) in [6, 6.07) is 18.1. The maximum atomic E-state index is 14.0. The first-order valence-corrected chi connectivity index (χ1v) is 24.5. The maximum Gasteiger partial charge on any atom is 0.407 e. The van der Waals surface area contributed by atoms with E-state index in [0.717, 1.165) is 84.4 Å². The number of alkyl carbamates (subject to hydrolysis) is 2. The minimum atomic E-state index is -0.687. The molecule has 2 aromatic heterocycles. The molecule has 14 heteroatoms. The zero-order chi connectivity index (χ0) is 47.0. The molecule has 4 amide bonds. The molecule has 1 saturated carbocycles. The molecule has 4 N–H and O–H groups in total. The molecule has 5 aromatic rings. The lowest BCUT2D eigenvalue weighted by Gasteiger charge is -2.33. The molecule has 67 heavy (non-hydrogen) atoms. The van der Waals surface area contributed by atoms with Gasteiger partial charge in [0.15, 0.2) is 0 Å². The van der Waals surface area contributed by atoms with Gasteiger partial charge in [0.25, 0.3) is 0 Å². The minimum Gasteiger partial charge on any atom is -0.453 e. The van der Waals surface area contributed by atoms with Gasteiger partial charge in [0.05, 0.1) is 49.2 Å². The smallest absolute Gasteiger partial charge is 0.407 e.